The van der Waals surface area contributed by atoms with Crippen LogP contribution in [-0.4, -0.2) is 36.1 Å². The molecule has 19 heavy (non-hydrogen) atoms. The van der Waals surface area contributed by atoms with Crippen LogP contribution in [-0.2, 0) is 9.53 Å². The second-order valence-corrected chi connectivity index (χ2v) is 5.74. The molecular weight excluding hydrogens is 240 g/mol. The Hall–Kier alpha value is -1.39. The fourth-order valence-electron chi connectivity index (χ4n) is 2.35. The number of amides is 1. The molecule has 1 aliphatic rings. The van der Waals surface area contributed by atoms with E-state index in [0.717, 1.165) is 11.1 Å². The highest BCUT2D eigenvalue weighted by Gasteiger charge is 2.36. The number of benzene rings is 1. The average molecular weight is 262 g/mol. The molecule has 4 heteroatoms. The number of hydrogen-bond donors (Lipinski definition) is 1. The van der Waals surface area contributed by atoms with E-state index >= 15 is 0 Å². The summed E-state index contributed by atoms with van der Waals surface area (Å²) in [5, 5.41) is 0. The quantitative estimate of drug-likeness (QED) is 0.881. The zero-order valence-corrected chi connectivity index (χ0v) is 11.8. The van der Waals surface area contributed by atoms with E-state index in [1.165, 1.54) is 0 Å². The molecule has 2 rings (SSSR count). The van der Waals surface area contributed by atoms with Crippen molar-refractivity contribution in [2.45, 2.75) is 32.4 Å². The summed E-state index contributed by atoms with van der Waals surface area (Å²) in [7, 11) is 0. The molecule has 1 atom stereocenters. The Morgan fingerprint density at radius 2 is 2.00 bits per heavy atom. The lowest BCUT2D eigenvalue weighted by molar-refractivity contribution is -0.147. The van der Waals surface area contributed by atoms with E-state index in [2.05, 4.69) is 0 Å². The molecule has 1 aromatic rings. The van der Waals surface area contributed by atoms with Gasteiger partial charge in [0.2, 0.25) is 5.91 Å². The van der Waals surface area contributed by atoms with Crippen LogP contribution in [0.4, 0.5) is 0 Å². The standard InChI is InChI=1S/C15H22N2O2/c1-11-4-6-12(7-5-11)13(16)14(18)17-8-9-19-10-15(17,2)3/h4-7,13H,8-10,16H2,1-3H3. The van der Waals surface area contributed by atoms with Crippen molar-refractivity contribution in [2.75, 3.05) is 19.8 Å². The molecule has 104 valence electrons. The van der Waals surface area contributed by atoms with Gasteiger partial charge in [-0.25, -0.2) is 0 Å². The molecule has 1 fully saturated rings. The highest BCUT2D eigenvalue weighted by atomic mass is 16.5. The molecule has 0 aliphatic carbocycles. The Morgan fingerprint density at radius 3 is 2.58 bits per heavy atom. The molecule has 2 N–H and O–H groups in total. The van der Waals surface area contributed by atoms with Crippen molar-refractivity contribution in [3.05, 3.63) is 35.4 Å². The van der Waals surface area contributed by atoms with Crippen LogP contribution in [0.2, 0.25) is 0 Å². The number of morpholine rings is 1. The van der Waals surface area contributed by atoms with E-state index in [1.54, 1.807) is 0 Å². The van der Waals surface area contributed by atoms with Gasteiger partial charge in [0.1, 0.15) is 6.04 Å². The zero-order chi connectivity index (χ0) is 14.0. The topological polar surface area (TPSA) is 55.6 Å². The monoisotopic (exact) mass is 262 g/mol. The SMILES string of the molecule is Cc1ccc(C(N)C(=O)N2CCOCC2(C)C)cc1. The summed E-state index contributed by atoms with van der Waals surface area (Å²) in [6, 6.07) is 7.20. The average Bonchev–Trinajstić information content (AvgIpc) is 2.37. The van der Waals surface area contributed by atoms with Crippen molar-refractivity contribution >= 4 is 5.91 Å². The first-order valence-corrected chi connectivity index (χ1v) is 6.63. The summed E-state index contributed by atoms with van der Waals surface area (Å²) in [6.07, 6.45) is 0. The minimum atomic E-state index is -0.599. The summed E-state index contributed by atoms with van der Waals surface area (Å²) in [5.74, 6) is -0.0304. The van der Waals surface area contributed by atoms with Crippen molar-refractivity contribution in [3.8, 4) is 0 Å². The van der Waals surface area contributed by atoms with Crippen LogP contribution in [0.3, 0.4) is 0 Å². The Bertz CT molecular complexity index is 454. The first-order chi connectivity index (χ1) is 8.92. The Balaban J connectivity index is 2.16. The summed E-state index contributed by atoms with van der Waals surface area (Å²) < 4.78 is 5.43. The number of nitrogens with two attached hydrogens (primary N) is 1. The summed E-state index contributed by atoms with van der Waals surface area (Å²) in [6.45, 7) is 7.76. The number of rotatable bonds is 2. The molecule has 0 aromatic heterocycles. The van der Waals surface area contributed by atoms with Gasteiger partial charge >= 0.3 is 0 Å². The molecule has 1 saturated heterocycles. The van der Waals surface area contributed by atoms with E-state index < -0.39 is 6.04 Å². The van der Waals surface area contributed by atoms with Gasteiger partial charge < -0.3 is 15.4 Å². The molecule has 1 aromatic carbocycles. The lowest BCUT2D eigenvalue weighted by Crippen LogP contribution is -2.57. The van der Waals surface area contributed by atoms with E-state index in [1.807, 2.05) is 49.9 Å². The molecular formula is C15H22N2O2. The van der Waals surface area contributed by atoms with E-state index in [4.69, 9.17) is 10.5 Å². The van der Waals surface area contributed by atoms with Crippen LogP contribution >= 0.6 is 0 Å². The first kappa shape index (κ1) is 14.0. The van der Waals surface area contributed by atoms with Crippen molar-refractivity contribution in [2.24, 2.45) is 5.73 Å². The Kier molecular flexibility index (Phi) is 3.92. The largest absolute Gasteiger partial charge is 0.377 e. The number of nitrogens with zero attached hydrogens (tertiary/aromatic N) is 1. The van der Waals surface area contributed by atoms with Crippen LogP contribution < -0.4 is 5.73 Å². The van der Waals surface area contributed by atoms with Crippen molar-refractivity contribution in [3.63, 3.8) is 0 Å². The zero-order valence-electron chi connectivity index (χ0n) is 11.8. The second-order valence-electron chi connectivity index (χ2n) is 5.74. The third-order valence-electron chi connectivity index (χ3n) is 3.61. The van der Waals surface area contributed by atoms with Gasteiger partial charge in [-0.05, 0) is 26.3 Å². The predicted molar refractivity (Wildman–Crippen MR) is 74.7 cm³/mol. The van der Waals surface area contributed by atoms with Gasteiger partial charge in [0, 0.05) is 6.54 Å². The van der Waals surface area contributed by atoms with Crippen LogP contribution in [0, 0.1) is 6.92 Å². The maximum Gasteiger partial charge on any atom is 0.244 e. The van der Waals surface area contributed by atoms with Gasteiger partial charge in [-0.1, -0.05) is 29.8 Å². The van der Waals surface area contributed by atoms with Crippen molar-refractivity contribution in [1.29, 1.82) is 0 Å². The van der Waals surface area contributed by atoms with Gasteiger partial charge in [0.15, 0.2) is 0 Å². The maximum absolute atomic E-state index is 12.5. The van der Waals surface area contributed by atoms with Gasteiger partial charge in [-0.3, -0.25) is 4.79 Å². The van der Waals surface area contributed by atoms with Crippen molar-refractivity contribution < 1.29 is 9.53 Å². The third kappa shape index (κ3) is 2.96. The fraction of sp³-hybridized carbons (Fsp3) is 0.533. The molecule has 0 saturated carbocycles. The van der Waals surface area contributed by atoms with Gasteiger partial charge in [0.25, 0.3) is 0 Å². The number of ether oxygens (including phenoxy) is 1. The summed E-state index contributed by atoms with van der Waals surface area (Å²) >= 11 is 0. The van der Waals surface area contributed by atoms with E-state index in [-0.39, 0.29) is 11.4 Å². The minimum Gasteiger partial charge on any atom is -0.377 e. The van der Waals surface area contributed by atoms with Crippen LogP contribution in [0.25, 0.3) is 0 Å². The molecule has 0 spiro atoms. The van der Waals surface area contributed by atoms with Crippen LogP contribution in [0.5, 0.6) is 0 Å². The highest BCUT2D eigenvalue weighted by molar-refractivity contribution is 5.83. The Labute approximate surface area is 114 Å². The fourth-order valence-corrected chi connectivity index (χ4v) is 2.35. The number of hydrogen-bond acceptors (Lipinski definition) is 3. The molecule has 1 aliphatic heterocycles. The van der Waals surface area contributed by atoms with Crippen molar-refractivity contribution in [1.82, 2.24) is 4.90 Å². The lowest BCUT2D eigenvalue weighted by atomic mass is 9.98. The van der Waals surface area contributed by atoms with Gasteiger partial charge in [0.05, 0.1) is 18.8 Å². The molecule has 1 unspecified atom stereocenters. The van der Waals surface area contributed by atoms with Gasteiger partial charge in [-0.2, -0.15) is 0 Å². The number of carbonyl (C=O) groups excluding carboxylic acids is 1. The Morgan fingerprint density at radius 1 is 1.37 bits per heavy atom. The normalized spacial score (nSPS) is 20.1. The number of carbonyl (C=O) groups is 1. The molecule has 1 amide bonds. The van der Waals surface area contributed by atoms with E-state index in [9.17, 15) is 4.79 Å². The highest BCUT2D eigenvalue weighted by Crippen LogP contribution is 2.23. The third-order valence-corrected chi connectivity index (χ3v) is 3.61. The number of aryl methyl sites for hydroxylation is 1. The maximum atomic E-state index is 12.5. The van der Waals surface area contributed by atoms with E-state index in [0.29, 0.717) is 19.8 Å². The summed E-state index contributed by atoms with van der Waals surface area (Å²) in [5.41, 5.74) is 7.84. The second kappa shape index (κ2) is 5.31. The predicted octanol–water partition coefficient (Wildman–Crippen LogP) is 1.63. The van der Waals surface area contributed by atoms with Gasteiger partial charge in [-0.15, -0.1) is 0 Å². The molecule has 0 bridgehead atoms. The lowest BCUT2D eigenvalue weighted by Gasteiger charge is -2.43. The first-order valence-electron chi connectivity index (χ1n) is 6.63. The molecule has 4 nitrogen and oxygen atoms in total. The molecule has 0 radical (unpaired) electrons. The smallest absolute Gasteiger partial charge is 0.244 e. The molecule has 1 heterocycles. The summed E-state index contributed by atoms with van der Waals surface area (Å²) in [4.78, 5) is 14.4. The van der Waals surface area contributed by atoms with Crippen LogP contribution in [0.15, 0.2) is 24.3 Å². The van der Waals surface area contributed by atoms with Crippen LogP contribution in [0.1, 0.15) is 31.0 Å². The minimum absolute atomic E-state index is 0.0304.